The van der Waals surface area contributed by atoms with Crippen molar-refractivity contribution in [2.45, 2.75) is 38.9 Å². The van der Waals surface area contributed by atoms with Crippen molar-refractivity contribution in [3.8, 4) is 0 Å². The monoisotopic (exact) mass is 332 g/mol. The summed E-state index contributed by atoms with van der Waals surface area (Å²) in [6.07, 6.45) is -3.77. The van der Waals surface area contributed by atoms with E-state index in [0.717, 1.165) is 11.6 Å². The van der Waals surface area contributed by atoms with E-state index in [1.807, 2.05) is 4.98 Å². The molecule has 0 aliphatic rings. The standard InChI is InChI=1S/C13H15F3N4O3/c1-6(14)4-3-5-20-8-7(12(22)19(2)13(20)23)17-10(9(15)16)18-11(8)21/h6,9H,3-5H2,1-2H3,(H,17,18,21). The van der Waals surface area contributed by atoms with Gasteiger partial charge in [-0.15, -0.1) is 0 Å². The average molecular weight is 332 g/mol. The summed E-state index contributed by atoms with van der Waals surface area (Å²) in [5, 5.41) is 0. The first kappa shape index (κ1) is 17.0. The number of fused-ring (bicyclic) bond motifs is 1. The molecule has 0 radical (unpaired) electrons. The molecule has 1 N–H and O–H groups in total. The van der Waals surface area contributed by atoms with Gasteiger partial charge in [-0.25, -0.2) is 22.9 Å². The van der Waals surface area contributed by atoms with Crippen molar-refractivity contribution in [3.63, 3.8) is 0 Å². The third-order valence-corrected chi connectivity index (χ3v) is 3.40. The largest absolute Gasteiger partial charge is 0.331 e. The summed E-state index contributed by atoms with van der Waals surface area (Å²) in [5.41, 5.74) is -3.62. The number of H-pyrrole nitrogens is 1. The van der Waals surface area contributed by atoms with Gasteiger partial charge in [0.25, 0.3) is 17.5 Å². The Balaban J connectivity index is 2.74. The van der Waals surface area contributed by atoms with E-state index in [4.69, 9.17) is 0 Å². The van der Waals surface area contributed by atoms with Crippen LogP contribution in [0.3, 0.4) is 0 Å². The zero-order valence-electron chi connectivity index (χ0n) is 12.5. The first-order chi connectivity index (χ1) is 10.7. The minimum absolute atomic E-state index is 0.0313. The van der Waals surface area contributed by atoms with Crippen molar-refractivity contribution in [1.29, 1.82) is 0 Å². The molecule has 23 heavy (non-hydrogen) atoms. The fourth-order valence-corrected chi connectivity index (χ4v) is 2.25. The molecular weight excluding hydrogens is 317 g/mol. The Kier molecular flexibility index (Phi) is 4.71. The molecule has 2 heterocycles. The highest BCUT2D eigenvalue weighted by Gasteiger charge is 2.19. The minimum Gasteiger partial charge on any atom is -0.304 e. The highest BCUT2D eigenvalue weighted by Crippen LogP contribution is 2.13. The van der Waals surface area contributed by atoms with Crippen molar-refractivity contribution < 1.29 is 13.2 Å². The highest BCUT2D eigenvalue weighted by atomic mass is 19.3. The Morgan fingerprint density at radius 3 is 2.43 bits per heavy atom. The van der Waals surface area contributed by atoms with E-state index in [-0.39, 0.29) is 24.9 Å². The van der Waals surface area contributed by atoms with Gasteiger partial charge in [0.1, 0.15) is 5.52 Å². The summed E-state index contributed by atoms with van der Waals surface area (Å²) >= 11 is 0. The molecule has 0 aliphatic heterocycles. The number of rotatable bonds is 5. The Labute approximate surface area is 127 Å². The number of halogens is 3. The van der Waals surface area contributed by atoms with E-state index in [1.54, 1.807) is 0 Å². The molecule has 0 saturated heterocycles. The van der Waals surface area contributed by atoms with Gasteiger partial charge in [0.2, 0.25) is 0 Å². The van der Waals surface area contributed by atoms with Crippen LogP contribution in [0.1, 0.15) is 32.0 Å². The molecule has 1 unspecified atom stereocenters. The van der Waals surface area contributed by atoms with E-state index in [9.17, 15) is 27.6 Å². The maximum atomic E-state index is 12.9. The molecule has 7 nitrogen and oxygen atoms in total. The molecule has 2 aromatic heterocycles. The molecule has 0 bridgehead atoms. The molecule has 0 fully saturated rings. The number of hydrogen-bond acceptors (Lipinski definition) is 4. The second-order valence-electron chi connectivity index (χ2n) is 5.17. The predicted octanol–water partition coefficient (Wildman–Crippen LogP) is 0.859. The van der Waals surface area contributed by atoms with Crippen molar-refractivity contribution in [2.24, 2.45) is 7.05 Å². The third-order valence-electron chi connectivity index (χ3n) is 3.40. The van der Waals surface area contributed by atoms with Crippen LogP contribution in [0.15, 0.2) is 14.4 Å². The van der Waals surface area contributed by atoms with Gasteiger partial charge in [0, 0.05) is 13.6 Å². The SMILES string of the molecule is CC(F)CCCn1c(=O)n(C)c(=O)c2nc(C(F)F)[nH]c(=O)c21. The van der Waals surface area contributed by atoms with Crippen molar-refractivity contribution in [3.05, 3.63) is 37.0 Å². The zero-order chi connectivity index (χ0) is 17.3. The lowest BCUT2D eigenvalue weighted by Gasteiger charge is -2.11. The van der Waals surface area contributed by atoms with Gasteiger partial charge in [0.05, 0.1) is 6.17 Å². The molecule has 0 amide bonds. The number of nitrogens with zero attached hydrogens (tertiary/aromatic N) is 3. The summed E-state index contributed by atoms with van der Waals surface area (Å²) in [5.74, 6) is -0.942. The van der Waals surface area contributed by atoms with Gasteiger partial charge >= 0.3 is 5.69 Å². The topological polar surface area (TPSA) is 89.8 Å². The number of alkyl halides is 3. The predicted molar refractivity (Wildman–Crippen MR) is 76.6 cm³/mol. The molecule has 0 aliphatic carbocycles. The normalized spacial score (nSPS) is 13.0. The van der Waals surface area contributed by atoms with E-state index >= 15 is 0 Å². The van der Waals surface area contributed by atoms with Crippen LogP contribution in [0, 0.1) is 0 Å². The van der Waals surface area contributed by atoms with E-state index < -0.39 is 40.7 Å². The van der Waals surface area contributed by atoms with Crippen molar-refractivity contribution >= 4 is 11.0 Å². The van der Waals surface area contributed by atoms with Gasteiger partial charge < -0.3 is 4.98 Å². The van der Waals surface area contributed by atoms with Crippen LogP contribution in [-0.2, 0) is 13.6 Å². The number of nitrogens with one attached hydrogen (secondary N) is 1. The quantitative estimate of drug-likeness (QED) is 0.879. The molecule has 0 saturated carbocycles. The highest BCUT2D eigenvalue weighted by molar-refractivity contribution is 5.72. The molecular formula is C13H15F3N4O3. The molecule has 2 aromatic rings. The summed E-state index contributed by atoms with van der Waals surface area (Å²) < 4.78 is 40.0. The van der Waals surface area contributed by atoms with Gasteiger partial charge in [-0.3, -0.25) is 18.7 Å². The van der Waals surface area contributed by atoms with Crippen LogP contribution >= 0.6 is 0 Å². The fourth-order valence-electron chi connectivity index (χ4n) is 2.25. The van der Waals surface area contributed by atoms with Crippen LogP contribution in [0.4, 0.5) is 13.2 Å². The van der Waals surface area contributed by atoms with Crippen LogP contribution in [0.2, 0.25) is 0 Å². The first-order valence-corrected chi connectivity index (χ1v) is 6.90. The maximum absolute atomic E-state index is 12.9. The maximum Gasteiger partial charge on any atom is 0.331 e. The summed E-state index contributed by atoms with van der Waals surface area (Å²) in [4.78, 5) is 41.6. The molecule has 1 atom stereocenters. The molecule has 2 rings (SSSR count). The van der Waals surface area contributed by atoms with Gasteiger partial charge in [-0.1, -0.05) is 0 Å². The zero-order valence-corrected chi connectivity index (χ0v) is 12.5. The van der Waals surface area contributed by atoms with Gasteiger partial charge in [-0.05, 0) is 19.8 Å². The van der Waals surface area contributed by atoms with Crippen LogP contribution in [0.5, 0.6) is 0 Å². The minimum atomic E-state index is -3.07. The smallest absolute Gasteiger partial charge is 0.304 e. The molecule has 10 heteroatoms. The molecule has 126 valence electrons. The lowest BCUT2D eigenvalue weighted by molar-refractivity contribution is 0.140. The van der Waals surface area contributed by atoms with E-state index in [1.165, 1.54) is 6.92 Å². The lowest BCUT2D eigenvalue weighted by atomic mass is 10.2. The Bertz CT molecular complexity index is 898. The van der Waals surface area contributed by atoms with E-state index in [2.05, 4.69) is 4.98 Å². The Morgan fingerprint density at radius 1 is 1.22 bits per heavy atom. The molecule has 0 spiro atoms. The van der Waals surface area contributed by atoms with Crippen LogP contribution in [-0.4, -0.2) is 25.3 Å². The van der Waals surface area contributed by atoms with Crippen LogP contribution in [0.25, 0.3) is 11.0 Å². The third kappa shape index (κ3) is 3.20. The van der Waals surface area contributed by atoms with E-state index in [0.29, 0.717) is 4.57 Å². The Morgan fingerprint density at radius 2 is 1.87 bits per heavy atom. The van der Waals surface area contributed by atoms with Gasteiger partial charge in [0.15, 0.2) is 11.3 Å². The Hall–Kier alpha value is -2.39. The van der Waals surface area contributed by atoms with Gasteiger partial charge in [-0.2, -0.15) is 0 Å². The fraction of sp³-hybridized carbons (Fsp3) is 0.538. The average Bonchev–Trinajstić information content (AvgIpc) is 2.47. The number of aromatic amines is 1. The summed E-state index contributed by atoms with van der Waals surface area (Å²) in [6, 6.07) is 0. The number of hydrogen-bond donors (Lipinski definition) is 1. The number of aryl methyl sites for hydroxylation is 1. The lowest BCUT2D eigenvalue weighted by Crippen LogP contribution is -2.41. The molecule has 0 aromatic carbocycles. The second kappa shape index (κ2) is 6.39. The number of aromatic nitrogens is 4. The first-order valence-electron chi connectivity index (χ1n) is 6.90. The summed E-state index contributed by atoms with van der Waals surface area (Å²) in [6.45, 7) is 1.32. The van der Waals surface area contributed by atoms with Crippen molar-refractivity contribution in [2.75, 3.05) is 0 Å². The second-order valence-corrected chi connectivity index (χ2v) is 5.17. The van der Waals surface area contributed by atoms with Crippen molar-refractivity contribution in [1.82, 2.24) is 19.1 Å². The van der Waals surface area contributed by atoms with Crippen LogP contribution < -0.4 is 16.8 Å². The summed E-state index contributed by atoms with van der Waals surface area (Å²) in [7, 11) is 1.16.